The van der Waals surface area contributed by atoms with Gasteiger partial charge in [0.15, 0.2) is 6.61 Å². The zero-order chi connectivity index (χ0) is 23.1. The Balaban J connectivity index is 1.61. The first-order chi connectivity index (χ1) is 15.4. The molecule has 1 heterocycles. The molecular weight excluding hydrogens is 414 g/mol. The van der Waals surface area contributed by atoms with Crippen molar-refractivity contribution >= 4 is 11.9 Å². The molecule has 0 aliphatic carbocycles. The summed E-state index contributed by atoms with van der Waals surface area (Å²) >= 11 is 0. The van der Waals surface area contributed by atoms with Crippen LogP contribution in [-0.2, 0) is 16.1 Å². The van der Waals surface area contributed by atoms with Crippen LogP contribution in [0, 0.1) is 5.92 Å². The summed E-state index contributed by atoms with van der Waals surface area (Å²) in [4.78, 5) is 29.4. The first-order valence-corrected chi connectivity index (χ1v) is 9.99. The average Bonchev–Trinajstić information content (AvgIpc) is 3.30. The molecule has 3 aromatic rings. The van der Waals surface area contributed by atoms with Gasteiger partial charge in [0, 0.05) is 11.1 Å². The zero-order valence-electron chi connectivity index (χ0n) is 18.3. The number of ether oxygens (including phenoxy) is 3. The van der Waals surface area contributed by atoms with Crippen LogP contribution in [0.4, 0.5) is 0 Å². The van der Waals surface area contributed by atoms with Crippen molar-refractivity contribution in [1.29, 1.82) is 0 Å². The van der Waals surface area contributed by atoms with E-state index in [1.807, 2.05) is 26.0 Å². The third kappa shape index (κ3) is 5.63. The van der Waals surface area contributed by atoms with Gasteiger partial charge in [-0.2, -0.15) is 4.98 Å². The van der Waals surface area contributed by atoms with Crippen LogP contribution < -0.4 is 14.8 Å². The molecule has 2 aromatic carbocycles. The second kappa shape index (κ2) is 10.4. The van der Waals surface area contributed by atoms with Crippen LogP contribution in [0.15, 0.2) is 53.1 Å². The lowest BCUT2D eigenvalue weighted by Crippen LogP contribution is -2.45. The maximum absolute atomic E-state index is 12.6. The third-order valence-electron chi connectivity index (χ3n) is 4.69. The molecule has 1 amide bonds. The summed E-state index contributed by atoms with van der Waals surface area (Å²) < 4.78 is 20.8. The maximum Gasteiger partial charge on any atom is 0.329 e. The molecule has 0 bridgehead atoms. The van der Waals surface area contributed by atoms with Gasteiger partial charge < -0.3 is 24.1 Å². The van der Waals surface area contributed by atoms with Crippen molar-refractivity contribution in [2.75, 3.05) is 14.2 Å². The highest BCUT2D eigenvalue weighted by atomic mass is 16.6. The van der Waals surface area contributed by atoms with Crippen molar-refractivity contribution in [2.45, 2.75) is 26.5 Å². The molecule has 0 fully saturated rings. The maximum atomic E-state index is 12.6. The molecule has 1 aromatic heterocycles. The van der Waals surface area contributed by atoms with E-state index >= 15 is 0 Å². The molecule has 0 saturated heterocycles. The van der Waals surface area contributed by atoms with Crippen molar-refractivity contribution in [2.24, 2.45) is 5.92 Å². The minimum atomic E-state index is -0.842. The summed E-state index contributed by atoms with van der Waals surface area (Å²) in [5.41, 5.74) is 1.11. The van der Waals surface area contributed by atoms with E-state index < -0.39 is 12.0 Å². The van der Waals surface area contributed by atoms with E-state index in [9.17, 15) is 9.59 Å². The highest BCUT2D eigenvalue weighted by Crippen LogP contribution is 2.21. The summed E-state index contributed by atoms with van der Waals surface area (Å²) in [6, 6.07) is 12.9. The number of rotatable bonds is 9. The molecule has 0 spiro atoms. The Labute approximate surface area is 185 Å². The molecule has 1 unspecified atom stereocenters. The largest absolute Gasteiger partial charge is 0.497 e. The number of hydrogen-bond donors (Lipinski definition) is 1. The fourth-order valence-electron chi connectivity index (χ4n) is 2.88. The minimum Gasteiger partial charge on any atom is -0.497 e. The summed E-state index contributed by atoms with van der Waals surface area (Å²) in [5, 5.41) is 6.62. The molecule has 0 aliphatic rings. The SMILES string of the molecule is COc1ccc(C(=O)NC(C(=O)OCc2nc(-c3cccc(OC)c3)no2)C(C)C)cc1. The van der Waals surface area contributed by atoms with Gasteiger partial charge in [-0.3, -0.25) is 4.79 Å². The molecule has 3 rings (SSSR count). The smallest absolute Gasteiger partial charge is 0.329 e. The Kier molecular flexibility index (Phi) is 7.43. The summed E-state index contributed by atoms with van der Waals surface area (Å²) in [6.07, 6.45) is 0. The van der Waals surface area contributed by atoms with Gasteiger partial charge in [-0.15, -0.1) is 0 Å². The van der Waals surface area contributed by atoms with E-state index in [0.29, 0.717) is 28.5 Å². The zero-order valence-corrected chi connectivity index (χ0v) is 18.3. The number of aromatic nitrogens is 2. The van der Waals surface area contributed by atoms with E-state index in [1.54, 1.807) is 50.6 Å². The normalized spacial score (nSPS) is 11.7. The van der Waals surface area contributed by atoms with E-state index in [1.165, 1.54) is 0 Å². The van der Waals surface area contributed by atoms with Crippen molar-refractivity contribution < 1.29 is 28.3 Å². The molecule has 1 N–H and O–H groups in total. The summed E-state index contributed by atoms with van der Waals surface area (Å²) in [6.45, 7) is 3.42. The molecule has 0 saturated carbocycles. The highest BCUT2D eigenvalue weighted by molar-refractivity contribution is 5.96. The minimum absolute atomic E-state index is 0.139. The van der Waals surface area contributed by atoms with E-state index in [4.69, 9.17) is 18.7 Å². The number of nitrogens with one attached hydrogen (secondary N) is 1. The molecule has 0 radical (unpaired) electrons. The second-order valence-electron chi connectivity index (χ2n) is 7.28. The predicted molar refractivity (Wildman–Crippen MR) is 115 cm³/mol. The number of esters is 1. The Bertz CT molecular complexity index is 1060. The van der Waals surface area contributed by atoms with Crippen LogP contribution in [0.3, 0.4) is 0 Å². The van der Waals surface area contributed by atoms with Gasteiger partial charge in [-0.05, 0) is 42.3 Å². The van der Waals surface area contributed by atoms with Gasteiger partial charge in [0.1, 0.15) is 17.5 Å². The highest BCUT2D eigenvalue weighted by Gasteiger charge is 2.27. The molecule has 9 nitrogen and oxygen atoms in total. The van der Waals surface area contributed by atoms with Crippen LogP contribution in [0.2, 0.25) is 0 Å². The van der Waals surface area contributed by atoms with Gasteiger partial charge in [0.25, 0.3) is 11.8 Å². The topological polar surface area (TPSA) is 113 Å². The predicted octanol–water partition coefficient (Wildman–Crippen LogP) is 3.25. The van der Waals surface area contributed by atoms with Crippen LogP contribution in [0.25, 0.3) is 11.4 Å². The van der Waals surface area contributed by atoms with Crippen molar-refractivity contribution in [3.05, 3.63) is 60.0 Å². The van der Waals surface area contributed by atoms with Gasteiger partial charge in [-0.25, -0.2) is 4.79 Å². The standard InChI is InChI=1S/C23H25N3O6/c1-14(2)20(25-22(27)15-8-10-17(29-3)11-9-15)23(28)31-13-19-24-21(26-32-19)16-6-5-7-18(12-16)30-4/h5-12,14,20H,13H2,1-4H3,(H,25,27). The third-order valence-corrected chi connectivity index (χ3v) is 4.69. The van der Waals surface area contributed by atoms with Gasteiger partial charge in [-0.1, -0.05) is 31.1 Å². The van der Waals surface area contributed by atoms with E-state index in [2.05, 4.69) is 15.5 Å². The Hall–Kier alpha value is -3.88. The quantitative estimate of drug-likeness (QED) is 0.506. The van der Waals surface area contributed by atoms with Gasteiger partial charge in [0.05, 0.1) is 14.2 Å². The van der Waals surface area contributed by atoms with Crippen LogP contribution in [-0.4, -0.2) is 42.3 Å². The molecular formula is C23H25N3O6. The first-order valence-electron chi connectivity index (χ1n) is 9.99. The lowest BCUT2D eigenvalue weighted by molar-refractivity contribution is -0.149. The first kappa shape index (κ1) is 22.8. The Morgan fingerprint density at radius 1 is 1.03 bits per heavy atom. The second-order valence-corrected chi connectivity index (χ2v) is 7.28. The van der Waals surface area contributed by atoms with Gasteiger partial charge >= 0.3 is 5.97 Å². The Morgan fingerprint density at radius 2 is 1.75 bits per heavy atom. The fourth-order valence-corrected chi connectivity index (χ4v) is 2.88. The molecule has 32 heavy (non-hydrogen) atoms. The van der Waals surface area contributed by atoms with Crippen LogP contribution >= 0.6 is 0 Å². The van der Waals surface area contributed by atoms with Crippen molar-refractivity contribution in [3.8, 4) is 22.9 Å². The van der Waals surface area contributed by atoms with E-state index in [-0.39, 0.29) is 24.3 Å². The number of benzene rings is 2. The van der Waals surface area contributed by atoms with Crippen LogP contribution in [0.1, 0.15) is 30.1 Å². The number of carbonyl (C=O) groups excluding carboxylic acids is 2. The van der Waals surface area contributed by atoms with E-state index in [0.717, 1.165) is 0 Å². The lowest BCUT2D eigenvalue weighted by atomic mass is 10.0. The van der Waals surface area contributed by atoms with Crippen molar-refractivity contribution in [1.82, 2.24) is 15.5 Å². The number of carbonyl (C=O) groups is 2. The molecule has 168 valence electrons. The number of methoxy groups -OCH3 is 2. The monoisotopic (exact) mass is 439 g/mol. The van der Waals surface area contributed by atoms with Crippen molar-refractivity contribution in [3.63, 3.8) is 0 Å². The number of nitrogens with zero attached hydrogens (tertiary/aromatic N) is 2. The fraction of sp³-hybridized carbons (Fsp3) is 0.304. The van der Waals surface area contributed by atoms with Gasteiger partial charge in [0.2, 0.25) is 5.82 Å². The number of hydrogen-bond acceptors (Lipinski definition) is 8. The lowest BCUT2D eigenvalue weighted by Gasteiger charge is -2.20. The molecule has 9 heteroatoms. The van der Waals surface area contributed by atoms with Crippen LogP contribution in [0.5, 0.6) is 11.5 Å². The summed E-state index contributed by atoms with van der Waals surface area (Å²) in [5.74, 6) is 0.606. The Morgan fingerprint density at radius 3 is 2.41 bits per heavy atom. The number of amides is 1. The average molecular weight is 439 g/mol. The molecule has 0 aliphatic heterocycles. The molecule has 1 atom stereocenters. The summed E-state index contributed by atoms with van der Waals surface area (Å²) in [7, 11) is 3.11.